The number of pyridine rings is 1. The molecule has 3 heterocycles. The van der Waals surface area contributed by atoms with Gasteiger partial charge in [0.1, 0.15) is 11.4 Å². The highest BCUT2D eigenvalue weighted by Gasteiger charge is 2.37. The number of amidine groups is 2. The van der Waals surface area contributed by atoms with Crippen molar-refractivity contribution in [3.8, 4) is 17.1 Å². The van der Waals surface area contributed by atoms with Crippen molar-refractivity contribution in [1.82, 2.24) is 24.6 Å². The number of nitrogens with one attached hydrogen (secondary N) is 2. The van der Waals surface area contributed by atoms with E-state index >= 15 is 0 Å². The molecule has 8 nitrogen and oxygen atoms in total. The summed E-state index contributed by atoms with van der Waals surface area (Å²) in [5, 5.41) is 24.7. The summed E-state index contributed by atoms with van der Waals surface area (Å²) in [7, 11) is 1.50. The lowest BCUT2D eigenvalue weighted by Gasteiger charge is -2.34. The predicted octanol–water partition coefficient (Wildman–Crippen LogP) is 4.25. The molecule has 1 atom stereocenters. The van der Waals surface area contributed by atoms with Crippen molar-refractivity contribution in [3.05, 3.63) is 58.6 Å². The van der Waals surface area contributed by atoms with E-state index in [1.165, 1.54) is 30.3 Å². The van der Waals surface area contributed by atoms with Gasteiger partial charge in [0.15, 0.2) is 23.3 Å². The van der Waals surface area contributed by atoms with Gasteiger partial charge in [0.05, 0.1) is 23.7 Å². The Labute approximate surface area is 185 Å². The molecule has 1 aliphatic rings. The van der Waals surface area contributed by atoms with Crippen molar-refractivity contribution in [2.75, 3.05) is 13.7 Å². The van der Waals surface area contributed by atoms with Gasteiger partial charge in [0.25, 0.3) is 0 Å². The Morgan fingerprint density at radius 3 is 2.62 bits per heavy atom. The number of nitrogens with zero attached hydrogens (tertiary/aromatic N) is 5. The van der Waals surface area contributed by atoms with Crippen molar-refractivity contribution in [3.63, 3.8) is 0 Å². The standard InChI is InChI=1S/C20H17ClF3N7O/c1-10-9-30(16(25)14-8-11(32-2)6-7-27-14)17(26)19-29-28-18(31(10)19)12-4-3-5-13(15(12)21)20(22,23)24/h3-8,10,25-26H,9H2,1-2H3. The zero-order valence-electron chi connectivity index (χ0n) is 16.9. The van der Waals surface area contributed by atoms with Crippen LogP contribution in [0.15, 0.2) is 36.5 Å². The van der Waals surface area contributed by atoms with E-state index in [-0.39, 0.29) is 41.5 Å². The van der Waals surface area contributed by atoms with Crippen LogP contribution in [0.5, 0.6) is 5.75 Å². The summed E-state index contributed by atoms with van der Waals surface area (Å²) >= 11 is 6.08. The maximum Gasteiger partial charge on any atom is 0.417 e. The molecule has 0 radical (unpaired) electrons. The molecule has 3 aromatic rings. The van der Waals surface area contributed by atoms with Gasteiger partial charge in [-0.25, -0.2) is 0 Å². The van der Waals surface area contributed by atoms with E-state index in [0.29, 0.717) is 11.4 Å². The number of alkyl halides is 3. The van der Waals surface area contributed by atoms with Crippen molar-refractivity contribution in [2.45, 2.75) is 19.1 Å². The Morgan fingerprint density at radius 2 is 1.94 bits per heavy atom. The van der Waals surface area contributed by atoms with Crippen LogP contribution in [0.25, 0.3) is 11.4 Å². The van der Waals surface area contributed by atoms with E-state index in [4.69, 9.17) is 27.2 Å². The molecule has 0 amide bonds. The van der Waals surface area contributed by atoms with Gasteiger partial charge >= 0.3 is 6.18 Å². The molecule has 2 N–H and O–H groups in total. The SMILES string of the molecule is COc1ccnc(C(=N)N2CC(C)n3c(nnc3-c3cccc(C(F)(F)F)c3Cl)C2=N)c1. The summed E-state index contributed by atoms with van der Waals surface area (Å²) in [5.74, 6) is 0.591. The molecule has 166 valence electrons. The van der Waals surface area contributed by atoms with Gasteiger partial charge in [0, 0.05) is 24.4 Å². The van der Waals surface area contributed by atoms with Crippen molar-refractivity contribution >= 4 is 23.3 Å². The quantitative estimate of drug-likeness (QED) is 0.446. The Kier molecular flexibility index (Phi) is 5.37. The lowest BCUT2D eigenvalue weighted by Crippen LogP contribution is -2.46. The molecule has 0 bridgehead atoms. The van der Waals surface area contributed by atoms with E-state index in [9.17, 15) is 13.2 Å². The van der Waals surface area contributed by atoms with Crippen molar-refractivity contribution in [2.24, 2.45) is 0 Å². The lowest BCUT2D eigenvalue weighted by molar-refractivity contribution is -0.137. The molecule has 0 spiro atoms. The summed E-state index contributed by atoms with van der Waals surface area (Å²) in [6, 6.07) is 6.42. The van der Waals surface area contributed by atoms with Crippen LogP contribution >= 0.6 is 11.6 Å². The van der Waals surface area contributed by atoms with Crippen LogP contribution in [0.3, 0.4) is 0 Å². The molecule has 4 rings (SSSR count). The first kappa shape index (κ1) is 21.8. The maximum atomic E-state index is 13.3. The van der Waals surface area contributed by atoms with Crippen LogP contribution in [-0.4, -0.2) is 50.0 Å². The fraction of sp³-hybridized carbons (Fsp3) is 0.250. The number of aromatic nitrogens is 4. The van der Waals surface area contributed by atoms with Gasteiger partial charge in [-0.3, -0.25) is 20.4 Å². The van der Waals surface area contributed by atoms with Crippen LogP contribution in [0.1, 0.15) is 30.0 Å². The molecular formula is C20H17ClF3N7O. The molecule has 1 unspecified atom stereocenters. The van der Waals surface area contributed by atoms with Crippen LogP contribution in [0.4, 0.5) is 13.2 Å². The van der Waals surface area contributed by atoms with E-state index in [1.54, 1.807) is 23.6 Å². The second kappa shape index (κ2) is 7.90. The first-order valence-corrected chi connectivity index (χ1v) is 9.77. The number of hydrogen-bond acceptors (Lipinski definition) is 6. The van der Waals surface area contributed by atoms with E-state index in [0.717, 1.165) is 6.07 Å². The average molecular weight is 464 g/mol. The first-order valence-electron chi connectivity index (χ1n) is 9.40. The molecule has 32 heavy (non-hydrogen) atoms. The van der Waals surface area contributed by atoms with Crippen molar-refractivity contribution in [1.29, 1.82) is 10.8 Å². The average Bonchev–Trinajstić information content (AvgIpc) is 3.21. The smallest absolute Gasteiger partial charge is 0.417 e. The number of hydrogen-bond donors (Lipinski definition) is 2. The zero-order chi connectivity index (χ0) is 23.2. The predicted molar refractivity (Wildman–Crippen MR) is 111 cm³/mol. The Bertz CT molecular complexity index is 1220. The number of rotatable bonds is 3. The second-order valence-corrected chi connectivity index (χ2v) is 7.50. The minimum Gasteiger partial charge on any atom is -0.497 e. The van der Waals surface area contributed by atoms with Crippen LogP contribution in [0, 0.1) is 10.8 Å². The van der Waals surface area contributed by atoms with Gasteiger partial charge in [-0.05, 0) is 25.1 Å². The maximum absolute atomic E-state index is 13.3. The largest absolute Gasteiger partial charge is 0.497 e. The number of halogens is 4. The Balaban J connectivity index is 1.74. The highest BCUT2D eigenvalue weighted by Crippen LogP contribution is 2.40. The molecule has 1 aromatic carbocycles. The molecular weight excluding hydrogens is 447 g/mol. The third-order valence-corrected chi connectivity index (χ3v) is 5.50. The second-order valence-electron chi connectivity index (χ2n) is 7.12. The fourth-order valence-electron chi connectivity index (χ4n) is 3.54. The number of benzene rings is 1. The van der Waals surface area contributed by atoms with Gasteiger partial charge in [0.2, 0.25) is 0 Å². The summed E-state index contributed by atoms with van der Waals surface area (Å²) in [6.07, 6.45) is -3.12. The molecule has 2 aromatic heterocycles. The monoisotopic (exact) mass is 463 g/mol. The zero-order valence-corrected chi connectivity index (χ0v) is 17.7. The summed E-state index contributed by atoms with van der Waals surface area (Å²) in [5.41, 5.74) is -0.603. The highest BCUT2D eigenvalue weighted by molar-refractivity contribution is 6.34. The van der Waals surface area contributed by atoms with Crippen LogP contribution in [0.2, 0.25) is 5.02 Å². The van der Waals surface area contributed by atoms with Gasteiger partial charge in [-0.1, -0.05) is 17.7 Å². The van der Waals surface area contributed by atoms with Gasteiger partial charge < -0.3 is 9.64 Å². The summed E-state index contributed by atoms with van der Waals surface area (Å²) in [6.45, 7) is 1.98. The molecule has 12 heteroatoms. The molecule has 0 fully saturated rings. The van der Waals surface area contributed by atoms with E-state index in [1.807, 2.05) is 0 Å². The van der Waals surface area contributed by atoms with Crippen molar-refractivity contribution < 1.29 is 17.9 Å². The molecule has 0 aliphatic carbocycles. The number of methoxy groups -OCH3 is 1. The van der Waals surface area contributed by atoms with Gasteiger partial charge in [-0.15, -0.1) is 10.2 Å². The minimum atomic E-state index is -4.62. The van der Waals surface area contributed by atoms with Gasteiger partial charge in [-0.2, -0.15) is 13.2 Å². The third-order valence-electron chi connectivity index (χ3n) is 5.09. The topological polar surface area (TPSA) is 104 Å². The number of ether oxygens (including phenoxy) is 1. The minimum absolute atomic E-state index is 0.0337. The Hall–Kier alpha value is -3.47. The number of fused-ring (bicyclic) bond motifs is 1. The molecule has 0 saturated heterocycles. The molecule has 1 aliphatic heterocycles. The normalized spacial score (nSPS) is 16.1. The van der Waals surface area contributed by atoms with E-state index < -0.39 is 16.8 Å². The summed E-state index contributed by atoms with van der Waals surface area (Å²) < 4.78 is 46.6. The summed E-state index contributed by atoms with van der Waals surface area (Å²) in [4.78, 5) is 5.58. The van der Waals surface area contributed by atoms with Crippen LogP contribution in [-0.2, 0) is 6.18 Å². The fourth-order valence-corrected chi connectivity index (χ4v) is 3.86. The molecule has 0 saturated carbocycles. The first-order chi connectivity index (χ1) is 15.1. The third kappa shape index (κ3) is 3.58. The Morgan fingerprint density at radius 1 is 1.22 bits per heavy atom. The highest BCUT2D eigenvalue weighted by atomic mass is 35.5. The van der Waals surface area contributed by atoms with E-state index in [2.05, 4.69) is 15.2 Å². The lowest BCUT2D eigenvalue weighted by atomic mass is 10.1. The van der Waals surface area contributed by atoms with Crippen LogP contribution < -0.4 is 4.74 Å².